The monoisotopic (exact) mass is 306 g/mol. The molecule has 0 atom stereocenters. The van der Waals surface area contributed by atoms with E-state index in [4.69, 9.17) is 8.94 Å². The van der Waals surface area contributed by atoms with Crippen molar-refractivity contribution in [3.63, 3.8) is 0 Å². The maximum Gasteiger partial charge on any atom is 0.258 e. The third kappa shape index (κ3) is 1.91. The lowest BCUT2D eigenvalue weighted by atomic mass is 10.2. The Morgan fingerprint density at radius 3 is 2.83 bits per heavy atom. The van der Waals surface area contributed by atoms with Crippen LogP contribution in [0.4, 0.5) is 0 Å². The second-order valence-electron chi connectivity index (χ2n) is 3.57. The number of nitrogens with zero attached hydrogens (tertiary/aromatic N) is 2. The molecule has 2 aromatic heterocycles. The molecule has 1 aromatic carbocycles. The van der Waals surface area contributed by atoms with Crippen LogP contribution in [0.3, 0.4) is 0 Å². The first kappa shape index (κ1) is 11.0. The molecule has 3 aromatic rings. The fraction of sp³-hybridized carbons (Fsp3) is 0. The van der Waals surface area contributed by atoms with Crippen molar-refractivity contribution in [3.05, 3.63) is 41.1 Å². The lowest BCUT2D eigenvalue weighted by Crippen LogP contribution is -1.79. The van der Waals surface area contributed by atoms with E-state index in [-0.39, 0.29) is 5.75 Å². The summed E-state index contributed by atoms with van der Waals surface area (Å²) in [6.45, 7) is 0. The Balaban J connectivity index is 2.00. The van der Waals surface area contributed by atoms with Crippen molar-refractivity contribution in [2.45, 2.75) is 0 Å². The van der Waals surface area contributed by atoms with Gasteiger partial charge in [-0.05, 0) is 46.3 Å². The normalized spacial score (nSPS) is 10.7. The van der Waals surface area contributed by atoms with Gasteiger partial charge in [0.25, 0.3) is 5.89 Å². The summed E-state index contributed by atoms with van der Waals surface area (Å²) >= 11 is 3.21. The number of aromatic nitrogens is 2. The molecular weight excluding hydrogens is 300 g/mol. The van der Waals surface area contributed by atoms with E-state index in [0.717, 1.165) is 0 Å². The van der Waals surface area contributed by atoms with Gasteiger partial charge in [-0.15, -0.1) is 0 Å². The van der Waals surface area contributed by atoms with Crippen LogP contribution in [0.1, 0.15) is 0 Å². The third-order valence-electron chi connectivity index (χ3n) is 2.36. The number of furan rings is 1. The van der Waals surface area contributed by atoms with Crippen LogP contribution >= 0.6 is 15.9 Å². The Morgan fingerprint density at radius 1 is 1.22 bits per heavy atom. The number of rotatable bonds is 2. The average molecular weight is 307 g/mol. The predicted octanol–water partition coefficient (Wildman–Crippen LogP) is 3.46. The van der Waals surface area contributed by atoms with Crippen molar-refractivity contribution in [2.24, 2.45) is 0 Å². The van der Waals surface area contributed by atoms with Crippen molar-refractivity contribution in [1.29, 1.82) is 0 Å². The van der Waals surface area contributed by atoms with Gasteiger partial charge in [0.15, 0.2) is 5.76 Å². The first-order chi connectivity index (χ1) is 8.74. The summed E-state index contributed by atoms with van der Waals surface area (Å²) in [5.74, 6) is 1.35. The number of phenols is 1. The van der Waals surface area contributed by atoms with E-state index in [9.17, 15) is 5.11 Å². The summed E-state index contributed by atoms with van der Waals surface area (Å²) in [4.78, 5) is 4.20. The quantitative estimate of drug-likeness (QED) is 0.785. The fourth-order valence-electron chi connectivity index (χ4n) is 1.49. The molecule has 3 rings (SSSR count). The molecule has 0 fully saturated rings. The maximum absolute atomic E-state index is 9.60. The van der Waals surface area contributed by atoms with Gasteiger partial charge in [0, 0.05) is 5.56 Å². The Morgan fingerprint density at radius 2 is 2.11 bits per heavy atom. The lowest BCUT2D eigenvalue weighted by molar-refractivity contribution is 0.428. The minimum atomic E-state index is 0.116. The van der Waals surface area contributed by atoms with Crippen LogP contribution in [-0.4, -0.2) is 15.2 Å². The second kappa shape index (κ2) is 4.30. The van der Waals surface area contributed by atoms with E-state index < -0.39 is 0 Å². The summed E-state index contributed by atoms with van der Waals surface area (Å²) in [5.41, 5.74) is 0.640. The van der Waals surface area contributed by atoms with Crippen molar-refractivity contribution in [3.8, 4) is 28.8 Å². The zero-order valence-electron chi connectivity index (χ0n) is 9.00. The Hall–Kier alpha value is -2.08. The molecule has 6 heteroatoms. The number of phenolic OH excluding ortho intramolecular Hbond substituents is 1. The van der Waals surface area contributed by atoms with Crippen LogP contribution in [0, 0.1) is 0 Å². The van der Waals surface area contributed by atoms with Crippen molar-refractivity contribution in [2.75, 3.05) is 0 Å². The van der Waals surface area contributed by atoms with E-state index in [1.54, 1.807) is 30.3 Å². The highest BCUT2D eigenvalue weighted by atomic mass is 79.9. The van der Waals surface area contributed by atoms with E-state index in [0.29, 0.717) is 27.5 Å². The van der Waals surface area contributed by atoms with Crippen molar-refractivity contribution >= 4 is 15.9 Å². The van der Waals surface area contributed by atoms with Crippen LogP contribution in [0.5, 0.6) is 5.75 Å². The largest absolute Gasteiger partial charge is 0.507 e. The molecule has 0 bridgehead atoms. The second-order valence-corrected chi connectivity index (χ2v) is 4.42. The van der Waals surface area contributed by atoms with Gasteiger partial charge in [-0.1, -0.05) is 5.16 Å². The zero-order chi connectivity index (χ0) is 12.5. The first-order valence-electron chi connectivity index (χ1n) is 5.10. The number of halogens is 1. The van der Waals surface area contributed by atoms with Crippen LogP contribution in [0.2, 0.25) is 0 Å². The van der Waals surface area contributed by atoms with Gasteiger partial charge in [0.2, 0.25) is 5.82 Å². The summed E-state index contributed by atoms with van der Waals surface area (Å²) in [6, 6.07) is 8.51. The molecule has 0 aliphatic rings. The highest BCUT2D eigenvalue weighted by Gasteiger charge is 2.13. The summed E-state index contributed by atoms with van der Waals surface area (Å²) in [7, 11) is 0. The van der Waals surface area contributed by atoms with Crippen LogP contribution in [0.15, 0.2) is 50.0 Å². The minimum absolute atomic E-state index is 0.116. The molecule has 0 amide bonds. The molecular formula is C12H7BrN2O3. The smallest absolute Gasteiger partial charge is 0.258 e. The number of hydrogen-bond acceptors (Lipinski definition) is 5. The van der Waals surface area contributed by atoms with Gasteiger partial charge in [-0.25, -0.2) is 0 Å². The molecule has 0 spiro atoms. The summed E-state index contributed by atoms with van der Waals surface area (Å²) in [6.07, 6.45) is 1.54. The highest BCUT2D eigenvalue weighted by Crippen LogP contribution is 2.30. The fourth-order valence-corrected chi connectivity index (χ4v) is 1.74. The van der Waals surface area contributed by atoms with E-state index >= 15 is 0 Å². The van der Waals surface area contributed by atoms with Gasteiger partial charge in [-0.3, -0.25) is 0 Å². The Labute approximate surface area is 110 Å². The standard InChI is InChI=1S/C12H7BrN2O3/c13-8-4-3-7(6-9(8)16)12-14-11(15-18-12)10-2-1-5-17-10/h1-6,16H. The SMILES string of the molecule is Oc1cc(-c2nc(-c3ccco3)no2)ccc1Br. The molecule has 0 saturated carbocycles. The van der Waals surface area contributed by atoms with Gasteiger partial charge >= 0.3 is 0 Å². The average Bonchev–Trinajstić information content (AvgIpc) is 3.01. The van der Waals surface area contributed by atoms with Gasteiger partial charge in [0.05, 0.1) is 10.7 Å². The van der Waals surface area contributed by atoms with Crippen LogP contribution < -0.4 is 0 Å². The van der Waals surface area contributed by atoms with E-state index in [1.165, 1.54) is 6.26 Å². The third-order valence-corrected chi connectivity index (χ3v) is 3.03. The molecule has 0 unspecified atom stereocenters. The highest BCUT2D eigenvalue weighted by molar-refractivity contribution is 9.10. The predicted molar refractivity (Wildman–Crippen MR) is 66.8 cm³/mol. The molecule has 18 heavy (non-hydrogen) atoms. The number of hydrogen-bond donors (Lipinski definition) is 1. The molecule has 5 nitrogen and oxygen atoms in total. The zero-order valence-corrected chi connectivity index (χ0v) is 10.6. The first-order valence-corrected chi connectivity index (χ1v) is 5.90. The lowest BCUT2D eigenvalue weighted by Gasteiger charge is -1.97. The van der Waals surface area contributed by atoms with E-state index in [1.807, 2.05) is 0 Å². The summed E-state index contributed by atoms with van der Waals surface area (Å²) in [5, 5.41) is 13.4. The van der Waals surface area contributed by atoms with Gasteiger partial charge < -0.3 is 14.0 Å². The maximum atomic E-state index is 9.60. The minimum Gasteiger partial charge on any atom is -0.507 e. The van der Waals surface area contributed by atoms with Crippen LogP contribution in [0.25, 0.3) is 23.0 Å². The number of aromatic hydroxyl groups is 1. The van der Waals surface area contributed by atoms with Gasteiger partial charge in [-0.2, -0.15) is 4.98 Å². The molecule has 2 heterocycles. The topological polar surface area (TPSA) is 72.3 Å². The van der Waals surface area contributed by atoms with Gasteiger partial charge in [0.1, 0.15) is 5.75 Å². The molecule has 1 N–H and O–H groups in total. The molecule has 0 aliphatic carbocycles. The van der Waals surface area contributed by atoms with E-state index in [2.05, 4.69) is 26.1 Å². The molecule has 0 saturated heterocycles. The van der Waals surface area contributed by atoms with Crippen molar-refractivity contribution in [1.82, 2.24) is 10.1 Å². The van der Waals surface area contributed by atoms with Crippen molar-refractivity contribution < 1.29 is 14.0 Å². The Bertz CT molecular complexity index is 676. The molecule has 0 radical (unpaired) electrons. The summed E-state index contributed by atoms with van der Waals surface area (Å²) < 4.78 is 10.9. The Kier molecular flexibility index (Phi) is 2.64. The number of benzene rings is 1. The van der Waals surface area contributed by atoms with Crippen LogP contribution in [-0.2, 0) is 0 Å². The molecule has 0 aliphatic heterocycles. The molecule has 90 valence electrons.